The van der Waals surface area contributed by atoms with Gasteiger partial charge in [0.15, 0.2) is 0 Å². The molecule has 4 unspecified atom stereocenters. The van der Waals surface area contributed by atoms with Crippen molar-refractivity contribution >= 4 is 58.9 Å². The van der Waals surface area contributed by atoms with Crippen LogP contribution in [-0.2, 0) is 52.7 Å². The predicted molar refractivity (Wildman–Crippen MR) is 216 cm³/mol. The lowest BCUT2D eigenvalue weighted by molar-refractivity contribution is -0.144. The minimum atomic E-state index is -0.870. The summed E-state index contributed by atoms with van der Waals surface area (Å²) in [5.74, 6) is -4.22. The number of primary amides is 2. The third-order valence-electron chi connectivity index (χ3n) is 9.41. The Labute approximate surface area is 343 Å². The molecular formula is C40H72N4O14. The number of amides is 4. The number of carboxylic acids is 2. The number of nitrogens with two attached hydrogens (primary N) is 2. The van der Waals surface area contributed by atoms with Crippen molar-refractivity contribution in [3.63, 3.8) is 0 Å². The minimum Gasteiger partial charge on any atom is -0.481 e. The second-order valence-corrected chi connectivity index (χ2v) is 13.8. The van der Waals surface area contributed by atoms with Crippen molar-refractivity contribution in [1.82, 2.24) is 10.6 Å². The molecule has 0 spiro atoms. The number of carbonyl (C=O) groups excluding carboxylic acids is 8. The highest BCUT2D eigenvalue weighted by Crippen LogP contribution is 2.27. The van der Waals surface area contributed by atoms with Crippen LogP contribution < -0.4 is 22.1 Å². The smallest absolute Gasteiger partial charge is 0.315 e. The molecule has 18 nitrogen and oxygen atoms in total. The lowest BCUT2D eigenvalue weighted by Crippen LogP contribution is -2.35. The molecule has 1 heterocycles. The van der Waals surface area contributed by atoms with Gasteiger partial charge < -0.3 is 42.5 Å². The van der Waals surface area contributed by atoms with E-state index in [1.165, 1.54) is 6.42 Å². The Morgan fingerprint density at radius 1 is 0.690 bits per heavy atom. The highest BCUT2D eigenvalue weighted by atomic mass is 16.5. The van der Waals surface area contributed by atoms with E-state index in [1.54, 1.807) is 0 Å². The van der Waals surface area contributed by atoms with Crippen LogP contribution in [0.3, 0.4) is 0 Å². The average molecular weight is 833 g/mol. The summed E-state index contributed by atoms with van der Waals surface area (Å²) in [5, 5.41) is 21.3. The quantitative estimate of drug-likeness (QED) is 0.0334. The minimum absolute atomic E-state index is 0. The Balaban J connectivity index is -0.000000370. The molecule has 336 valence electrons. The Morgan fingerprint density at radius 3 is 1.53 bits per heavy atom. The summed E-state index contributed by atoms with van der Waals surface area (Å²) < 4.78 is 4.34. The second-order valence-electron chi connectivity index (χ2n) is 13.8. The van der Waals surface area contributed by atoms with Crippen LogP contribution in [0.15, 0.2) is 0 Å². The number of unbranched alkanes of at least 4 members (excludes halogenated alkanes) is 1. The number of Topliss-reactive ketones (excluding diaryl/α,β-unsaturated/α-hetero) is 3. The van der Waals surface area contributed by atoms with Gasteiger partial charge in [0.1, 0.15) is 12.2 Å². The third-order valence-corrected chi connectivity index (χ3v) is 9.41. The first kappa shape index (κ1) is 59.9. The van der Waals surface area contributed by atoms with Crippen molar-refractivity contribution in [3.8, 4) is 0 Å². The van der Waals surface area contributed by atoms with Crippen LogP contribution in [0.1, 0.15) is 150 Å². The number of ether oxygens (including phenoxy) is 1. The average Bonchev–Trinajstić information content (AvgIpc) is 3.42. The Bertz CT molecular complexity index is 1230. The van der Waals surface area contributed by atoms with Crippen molar-refractivity contribution in [2.75, 3.05) is 20.2 Å². The molecule has 58 heavy (non-hydrogen) atoms. The number of hydrogen-bond acceptors (Lipinski definition) is 11. The Kier molecular flexibility index (Phi) is 39.1. The normalized spacial score (nSPS) is 13.7. The summed E-state index contributed by atoms with van der Waals surface area (Å²) in [4.78, 5) is 110. The van der Waals surface area contributed by atoms with Gasteiger partial charge in [0, 0.05) is 57.9 Å². The first-order valence-corrected chi connectivity index (χ1v) is 20.0. The standard InChI is InChI=1S/C18H29NO6.C10H20N2O2.C6H11NO.C6H10O4.H2O/c1-5-12(8-14(20)7-3)13(6-2)9-15(21)16(22)11-19-17(23)10-18(24)25-4;1-3-7(5-9(11)13)8(4-2)6-10(12)14;8-6-4-2-1-3-5-7-6;7-5(8)3-1-2-4-6(9)10;/h12-13H,5-11H2,1-4H3,(H,19,23);7-8H,3-6H2,1-2H3,(H2,11,13)(H2,12,14);1-5H2,(H,7,8);1-4H2,(H,7,8)(H,9,10);1H2. The molecule has 1 saturated heterocycles. The first-order valence-electron chi connectivity index (χ1n) is 20.0. The van der Waals surface area contributed by atoms with E-state index < -0.39 is 48.3 Å². The molecule has 0 saturated carbocycles. The van der Waals surface area contributed by atoms with Crippen molar-refractivity contribution in [1.29, 1.82) is 0 Å². The fourth-order valence-electron chi connectivity index (χ4n) is 5.88. The molecule has 0 aromatic carbocycles. The summed E-state index contributed by atoms with van der Waals surface area (Å²) >= 11 is 0. The monoisotopic (exact) mass is 833 g/mol. The number of carbonyl (C=O) groups is 10. The molecule has 1 aliphatic heterocycles. The van der Waals surface area contributed by atoms with E-state index in [2.05, 4.69) is 15.4 Å². The highest BCUT2D eigenvalue weighted by molar-refractivity contribution is 6.38. The zero-order chi connectivity index (χ0) is 44.3. The van der Waals surface area contributed by atoms with Crippen LogP contribution >= 0.6 is 0 Å². The van der Waals surface area contributed by atoms with Gasteiger partial charge in [-0.25, -0.2) is 0 Å². The van der Waals surface area contributed by atoms with Crippen LogP contribution in [-0.4, -0.2) is 94.8 Å². The third kappa shape index (κ3) is 35.7. The zero-order valence-corrected chi connectivity index (χ0v) is 35.5. The van der Waals surface area contributed by atoms with Crippen molar-refractivity contribution in [2.45, 2.75) is 150 Å². The van der Waals surface area contributed by atoms with E-state index in [9.17, 15) is 47.9 Å². The van der Waals surface area contributed by atoms with Gasteiger partial charge in [-0.1, -0.05) is 66.7 Å². The van der Waals surface area contributed by atoms with E-state index in [0.29, 0.717) is 44.9 Å². The fourth-order valence-corrected chi connectivity index (χ4v) is 5.88. The number of rotatable bonds is 25. The van der Waals surface area contributed by atoms with Gasteiger partial charge in [-0.2, -0.15) is 0 Å². The molecule has 10 N–H and O–H groups in total. The maximum absolute atomic E-state index is 12.1. The lowest BCUT2D eigenvalue weighted by atomic mass is 9.80. The van der Waals surface area contributed by atoms with E-state index >= 15 is 0 Å². The van der Waals surface area contributed by atoms with Crippen molar-refractivity contribution < 1.29 is 68.4 Å². The van der Waals surface area contributed by atoms with Crippen LogP contribution in [0.2, 0.25) is 0 Å². The summed E-state index contributed by atoms with van der Waals surface area (Å²) in [6.45, 7) is 10.2. The molecule has 0 aromatic rings. The topological polar surface area (TPSA) is 328 Å². The van der Waals surface area contributed by atoms with Gasteiger partial charge in [-0.3, -0.25) is 47.9 Å². The van der Waals surface area contributed by atoms with Crippen molar-refractivity contribution in [3.05, 3.63) is 0 Å². The van der Waals surface area contributed by atoms with E-state index in [-0.39, 0.29) is 71.9 Å². The van der Waals surface area contributed by atoms with Crippen molar-refractivity contribution in [2.24, 2.45) is 35.1 Å². The number of methoxy groups -OCH3 is 1. The summed E-state index contributed by atoms with van der Waals surface area (Å²) in [6.07, 6.45) is 9.53. The molecule has 1 rings (SSSR count). The fraction of sp³-hybridized carbons (Fsp3) is 0.750. The number of ketones is 3. The van der Waals surface area contributed by atoms with Gasteiger partial charge in [0.2, 0.25) is 35.2 Å². The largest absolute Gasteiger partial charge is 0.481 e. The molecule has 0 radical (unpaired) electrons. The Morgan fingerprint density at radius 2 is 1.14 bits per heavy atom. The summed E-state index contributed by atoms with van der Waals surface area (Å²) in [6, 6.07) is 0. The van der Waals surface area contributed by atoms with E-state index in [4.69, 9.17) is 21.7 Å². The van der Waals surface area contributed by atoms with Crippen LogP contribution in [0, 0.1) is 23.7 Å². The van der Waals surface area contributed by atoms with Gasteiger partial charge in [0.25, 0.3) is 0 Å². The molecule has 4 amide bonds. The van der Waals surface area contributed by atoms with Crippen LogP contribution in [0.25, 0.3) is 0 Å². The zero-order valence-electron chi connectivity index (χ0n) is 35.5. The number of esters is 1. The molecule has 1 aliphatic rings. The van der Waals surface area contributed by atoms with Gasteiger partial charge in [-0.05, 0) is 49.4 Å². The number of hydrogen-bond donors (Lipinski definition) is 6. The molecule has 0 bridgehead atoms. The SMILES string of the molecule is CCC(=O)CC(CC)C(CC)CC(=O)C(=O)CNC(=O)CC(=O)OC.CCC(CC(N)=O)C(CC)CC(N)=O.O.O=C(O)CCCCC(=O)O.O=C1CCCCCN1. The summed E-state index contributed by atoms with van der Waals surface area (Å²) in [7, 11) is 1.16. The number of carboxylic acid groups (broad SMARTS) is 2. The van der Waals surface area contributed by atoms with E-state index in [1.807, 2.05) is 34.6 Å². The molecule has 1 fully saturated rings. The lowest BCUT2D eigenvalue weighted by Gasteiger charge is -2.24. The molecule has 0 aliphatic carbocycles. The highest BCUT2D eigenvalue weighted by Gasteiger charge is 2.26. The maximum atomic E-state index is 12.1. The van der Waals surface area contributed by atoms with Gasteiger partial charge in [0.05, 0.1) is 13.7 Å². The second kappa shape index (κ2) is 37.8. The summed E-state index contributed by atoms with van der Waals surface area (Å²) in [5.41, 5.74) is 10.3. The number of aliphatic carboxylic acids is 2. The number of nitrogens with one attached hydrogen (secondary N) is 2. The van der Waals surface area contributed by atoms with Gasteiger partial charge >= 0.3 is 17.9 Å². The maximum Gasteiger partial charge on any atom is 0.315 e. The molecule has 4 atom stereocenters. The molecule has 18 heteroatoms. The molecular weight excluding hydrogens is 760 g/mol. The van der Waals surface area contributed by atoms with Crippen LogP contribution in [0.4, 0.5) is 0 Å². The van der Waals surface area contributed by atoms with Gasteiger partial charge in [-0.15, -0.1) is 0 Å². The van der Waals surface area contributed by atoms with E-state index in [0.717, 1.165) is 52.2 Å². The Hall–Kier alpha value is -4.74. The van der Waals surface area contributed by atoms with Crippen LogP contribution in [0.5, 0.6) is 0 Å². The first-order chi connectivity index (χ1) is 26.8. The molecule has 0 aromatic heterocycles. The predicted octanol–water partition coefficient (Wildman–Crippen LogP) is 2.97.